The van der Waals surface area contributed by atoms with Crippen LogP contribution in [0.3, 0.4) is 0 Å². The number of pyridine rings is 1. The molecule has 0 aromatic carbocycles. The maximum atomic E-state index is 11.8. The molecule has 1 unspecified atom stereocenters. The zero-order valence-corrected chi connectivity index (χ0v) is 9.08. The van der Waals surface area contributed by atoms with Gasteiger partial charge in [-0.2, -0.15) is 13.2 Å². The summed E-state index contributed by atoms with van der Waals surface area (Å²) in [5.74, 6) is 0. The zero-order chi connectivity index (χ0) is 12.9. The average molecular weight is 247 g/mol. The molecule has 7 heteroatoms. The SMILES string of the molecule is CC(NC(=O)NCC(F)(F)F)c1ccncc1. The number of carbonyl (C=O) groups is 1. The highest BCUT2D eigenvalue weighted by atomic mass is 19.4. The number of urea groups is 1. The van der Waals surface area contributed by atoms with Gasteiger partial charge in [0.15, 0.2) is 0 Å². The number of nitrogens with zero attached hydrogens (tertiary/aromatic N) is 1. The summed E-state index contributed by atoms with van der Waals surface area (Å²) in [4.78, 5) is 14.9. The second kappa shape index (κ2) is 5.51. The Labute approximate surface area is 96.2 Å². The fraction of sp³-hybridized carbons (Fsp3) is 0.400. The van der Waals surface area contributed by atoms with E-state index in [0.29, 0.717) is 0 Å². The third-order valence-electron chi connectivity index (χ3n) is 2.00. The van der Waals surface area contributed by atoms with Gasteiger partial charge >= 0.3 is 12.2 Å². The first kappa shape index (κ1) is 13.3. The Bertz CT molecular complexity index is 367. The van der Waals surface area contributed by atoms with Gasteiger partial charge in [0, 0.05) is 12.4 Å². The third-order valence-corrected chi connectivity index (χ3v) is 2.00. The lowest BCUT2D eigenvalue weighted by Gasteiger charge is -2.15. The van der Waals surface area contributed by atoms with Gasteiger partial charge in [0.1, 0.15) is 6.54 Å². The van der Waals surface area contributed by atoms with Crippen molar-refractivity contribution < 1.29 is 18.0 Å². The van der Waals surface area contributed by atoms with Gasteiger partial charge < -0.3 is 10.6 Å². The molecule has 0 saturated carbocycles. The Morgan fingerprint density at radius 1 is 1.41 bits per heavy atom. The van der Waals surface area contributed by atoms with Crippen molar-refractivity contribution in [2.75, 3.05) is 6.54 Å². The lowest BCUT2D eigenvalue weighted by atomic mass is 10.1. The van der Waals surface area contributed by atoms with Gasteiger partial charge in [-0.1, -0.05) is 0 Å². The molecule has 0 radical (unpaired) electrons. The van der Waals surface area contributed by atoms with E-state index in [2.05, 4.69) is 10.3 Å². The second-order valence-corrected chi connectivity index (χ2v) is 3.44. The van der Waals surface area contributed by atoms with Gasteiger partial charge in [0.05, 0.1) is 6.04 Å². The molecule has 0 aliphatic heterocycles. The summed E-state index contributed by atoms with van der Waals surface area (Å²) in [5, 5.41) is 4.12. The largest absolute Gasteiger partial charge is 0.405 e. The quantitative estimate of drug-likeness (QED) is 0.858. The molecule has 2 amide bonds. The summed E-state index contributed by atoms with van der Waals surface area (Å²) in [6.07, 6.45) is -1.32. The number of alkyl halides is 3. The van der Waals surface area contributed by atoms with Crippen molar-refractivity contribution in [3.8, 4) is 0 Å². The molecule has 1 atom stereocenters. The first-order valence-electron chi connectivity index (χ1n) is 4.89. The van der Waals surface area contributed by atoms with Gasteiger partial charge in [-0.3, -0.25) is 4.98 Å². The molecule has 94 valence electrons. The smallest absolute Gasteiger partial charge is 0.332 e. The van der Waals surface area contributed by atoms with Crippen LogP contribution in [0.4, 0.5) is 18.0 Å². The number of halogens is 3. The molecule has 1 aromatic heterocycles. The van der Waals surface area contributed by atoms with Crippen molar-refractivity contribution in [2.45, 2.75) is 19.1 Å². The minimum absolute atomic E-state index is 0.383. The van der Waals surface area contributed by atoms with Crippen molar-refractivity contribution >= 4 is 6.03 Å². The van der Waals surface area contributed by atoms with Crippen LogP contribution in [0.5, 0.6) is 0 Å². The first-order chi connectivity index (χ1) is 7.88. The molecule has 0 spiro atoms. The number of hydrogen-bond donors (Lipinski definition) is 2. The minimum Gasteiger partial charge on any atom is -0.332 e. The van der Waals surface area contributed by atoms with Crippen LogP contribution in [-0.4, -0.2) is 23.7 Å². The van der Waals surface area contributed by atoms with E-state index >= 15 is 0 Å². The van der Waals surface area contributed by atoms with Gasteiger partial charge in [-0.15, -0.1) is 0 Å². The van der Waals surface area contributed by atoms with Gasteiger partial charge in [0.2, 0.25) is 0 Å². The maximum absolute atomic E-state index is 11.8. The number of amides is 2. The summed E-state index contributed by atoms with van der Waals surface area (Å²) in [7, 11) is 0. The van der Waals surface area contributed by atoms with E-state index in [-0.39, 0.29) is 6.04 Å². The van der Waals surface area contributed by atoms with E-state index in [9.17, 15) is 18.0 Å². The highest BCUT2D eigenvalue weighted by molar-refractivity contribution is 5.74. The van der Waals surface area contributed by atoms with Crippen LogP contribution in [-0.2, 0) is 0 Å². The number of rotatable bonds is 3. The minimum atomic E-state index is -4.41. The number of nitrogens with one attached hydrogen (secondary N) is 2. The summed E-state index contributed by atoms with van der Waals surface area (Å²) >= 11 is 0. The fourth-order valence-electron chi connectivity index (χ4n) is 1.16. The van der Waals surface area contributed by atoms with E-state index in [1.807, 2.05) is 0 Å². The van der Waals surface area contributed by atoms with Crippen LogP contribution >= 0.6 is 0 Å². The highest BCUT2D eigenvalue weighted by Crippen LogP contribution is 2.13. The molecule has 0 fully saturated rings. The van der Waals surface area contributed by atoms with E-state index < -0.39 is 18.8 Å². The topological polar surface area (TPSA) is 54.0 Å². The molecule has 0 bridgehead atoms. The standard InChI is InChI=1S/C10H12F3N3O/c1-7(8-2-4-14-5-3-8)16-9(17)15-6-10(11,12)13/h2-5,7H,6H2,1H3,(H2,15,16,17). The molecule has 1 rings (SSSR count). The third kappa shape index (κ3) is 5.19. The number of aromatic nitrogens is 1. The number of hydrogen-bond acceptors (Lipinski definition) is 2. The Kier molecular flexibility index (Phi) is 4.30. The molecule has 1 aromatic rings. The van der Waals surface area contributed by atoms with Gasteiger partial charge in [0.25, 0.3) is 0 Å². The first-order valence-corrected chi connectivity index (χ1v) is 4.89. The molecule has 4 nitrogen and oxygen atoms in total. The monoisotopic (exact) mass is 247 g/mol. The van der Waals surface area contributed by atoms with Crippen LogP contribution in [0.1, 0.15) is 18.5 Å². The average Bonchev–Trinajstić information content (AvgIpc) is 2.27. The summed E-state index contributed by atoms with van der Waals surface area (Å²) in [6, 6.07) is 2.11. The van der Waals surface area contributed by atoms with E-state index in [4.69, 9.17) is 0 Å². The van der Waals surface area contributed by atoms with E-state index in [1.54, 1.807) is 36.8 Å². The lowest BCUT2D eigenvalue weighted by Crippen LogP contribution is -2.41. The second-order valence-electron chi connectivity index (χ2n) is 3.44. The predicted molar refractivity (Wildman–Crippen MR) is 55.2 cm³/mol. The van der Waals surface area contributed by atoms with Crippen LogP contribution in [0.25, 0.3) is 0 Å². The molecule has 0 aliphatic rings. The highest BCUT2D eigenvalue weighted by Gasteiger charge is 2.27. The predicted octanol–water partition coefficient (Wildman–Crippen LogP) is 2.00. The van der Waals surface area contributed by atoms with Gasteiger partial charge in [-0.25, -0.2) is 4.79 Å². The summed E-state index contributed by atoms with van der Waals surface area (Å²) in [5.41, 5.74) is 0.766. The van der Waals surface area contributed by atoms with Crippen molar-refractivity contribution in [3.63, 3.8) is 0 Å². The van der Waals surface area contributed by atoms with Crippen molar-refractivity contribution in [1.82, 2.24) is 15.6 Å². The van der Waals surface area contributed by atoms with Crippen molar-refractivity contribution in [1.29, 1.82) is 0 Å². The van der Waals surface area contributed by atoms with Crippen molar-refractivity contribution in [3.05, 3.63) is 30.1 Å². The summed E-state index contributed by atoms with van der Waals surface area (Å²) < 4.78 is 35.5. The molecule has 1 heterocycles. The molecular weight excluding hydrogens is 235 g/mol. The van der Waals surface area contributed by atoms with E-state index in [0.717, 1.165) is 5.56 Å². The van der Waals surface area contributed by atoms with Crippen LogP contribution < -0.4 is 10.6 Å². The van der Waals surface area contributed by atoms with Crippen LogP contribution in [0.15, 0.2) is 24.5 Å². The number of carbonyl (C=O) groups excluding carboxylic acids is 1. The Morgan fingerprint density at radius 2 is 2.00 bits per heavy atom. The maximum Gasteiger partial charge on any atom is 0.405 e. The van der Waals surface area contributed by atoms with E-state index in [1.165, 1.54) is 0 Å². The Morgan fingerprint density at radius 3 is 2.53 bits per heavy atom. The Balaban J connectivity index is 2.42. The molecule has 2 N–H and O–H groups in total. The molecule has 0 aliphatic carbocycles. The van der Waals surface area contributed by atoms with Gasteiger partial charge in [-0.05, 0) is 24.6 Å². The molecule has 0 saturated heterocycles. The summed E-state index contributed by atoms with van der Waals surface area (Å²) in [6.45, 7) is 0.324. The molecular formula is C10H12F3N3O. The normalized spacial score (nSPS) is 12.9. The molecule has 17 heavy (non-hydrogen) atoms. The fourth-order valence-corrected chi connectivity index (χ4v) is 1.16. The zero-order valence-electron chi connectivity index (χ0n) is 9.08. The van der Waals surface area contributed by atoms with Crippen LogP contribution in [0, 0.1) is 0 Å². The Hall–Kier alpha value is -1.79. The lowest BCUT2D eigenvalue weighted by molar-refractivity contribution is -0.122. The van der Waals surface area contributed by atoms with Crippen LogP contribution in [0.2, 0.25) is 0 Å². The van der Waals surface area contributed by atoms with Crippen molar-refractivity contribution in [2.24, 2.45) is 0 Å².